The van der Waals surface area contributed by atoms with E-state index in [2.05, 4.69) is 21.9 Å². The summed E-state index contributed by atoms with van der Waals surface area (Å²) in [5, 5.41) is 14.9. The number of aliphatic hydroxyl groups is 1. The molecule has 1 amide bonds. The van der Waals surface area contributed by atoms with Gasteiger partial charge < -0.3 is 14.7 Å². The lowest BCUT2D eigenvalue weighted by Crippen LogP contribution is -2.33. The van der Waals surface area contributed by atoms with Crippen molar-refractivity contribution in [3.05, 3.63) is 57.2 Å². The van der Waals surface area contributed by atoms with Crippen molar-refractivity contribution in [3.8, 4) is 5.75 Å². The highest BCUT2D eigenvalue weighted by Crippen LogP contribution is 2.32. The summed E-state index contributed by atoms with van der Waals surface area (Å²) in [7, 11) is 0. The Morgan fingerprint density at radius 2 is 2.11 bits per heavy atom. The Balaban J connectivity index is 1.38. The molecule has 35 heavy (non-hydrogen) atoms. The van der Waals surface area contributed by atoms with E-state index in [9.17, 15) is 14.3 Å². The normalized spacial score (nSPS) is 20.1. The fourth-order valence-corrected chi connectivity index (χ4v) is 5.27. The third kappa shape index (κ3) is 4.26. The highest BCUT2D eigenvalue weighted by atomic mass is 35.5. The summed E-state index contributed by atoms with van der Waals surface area (Å²) in [4.78, 5) is 22.0. The number of fused-ring (bicyclic) bond motifs is 3. The van der Waals surface area contributed by atoms with Gasteiger partial charge in [0.15, 0.2) is 5.65 Å². The van der Waals surface area contributed by atoms with Crippen LogP contribution in [0.5, 0.6) is 5.75 Å². The van der Waals surface area contributed by atoms with Gasteiger partial charge in [-0.1, -0.05) is 18.5 Å². The molecule has 0 saturated carbocycles. The first kappa shape index (κ1) is 24.0. The minimum atomic E-state index is -0.465. The molecule has 4 heterocycles. The van der Waals surface area contributed by atoms with E-state index in [1.165, 1.54) is 18.2 Å². The number of aryl methyl sites for hydroxylation is 2. The number of hydrogen-bond donors (Lipinski definition) is 1. The van der Waals surface area contributed by atoms with Crippen molar-refractivity contribution in [2.24, 2.45) is 0 Å². The van der Waals surface area contributed by atoms with Crippen molar-refractivity contribution in [2.75, 3.05) is 19.7 Å². The smallest absolute Gasteiger partial charge is 0.258 e. The van der Waals surface area contributed by atoms with E-state index in [1.54, 1.807) is 9.42 Å². The Labute approximate surface area is 208 Å². The SMILES string of the molecule is CCCN1C[C@@H](Oc2cc(F)ccc2C(=O)N2Cc3nn4c(C)c(Cl)c(C)nc4c3C2)C[C@H]1CO. The summed E-state index contributed by atoms with van der Waals surface area (Å²) in [6.45, 7) is 8.02. The molecule has 0 bridgehead atoms. The first-order valence-corrected chi connectivity index (χ1v) is 12.3. The topological polar surface area (TPSA) is 83.2 Å². The zero-order valence-corrected chi connectivity index (χ0v) is 20.8. The third-order valence-corrected chi connectivity index (χ3v) is 7.47. The summed E-state index contributed by atoms with van der Waals surface area (Å²) in [6, 6.07) is 4.03. The number of hydrogen-bond acceptors (Lipinski definition) is 6. The predicted molar refractivity (Wildman–Crippen MR) is 129 cm³/mol. The Kier molecular flexibility index (Phi) is 6.41. The van der Waals surface area contributed by atoms with E-state index < -0.39 is 5.82 Å². The van der Waals surface area contributed by atoms with E-state index in [-0.39, 0.29) is 30.4 Å². The molecule has 0 spiro atoms. The van der Waals surface area contributed by atoms with Crippen LogP contribution in [0, 0.1) is 19.7 Å². The van der Waals surface area contributed by atoms with Gasteiger partial charge in [-0.25, -0.2) is 13.9 Å². The zero-order chi connectivity index (χ0) is 24.9. The first-order chi connectivity index (χ1) is 16.8. The molecular weight excluding hydrogens is 473 g/mol. The predicted octanol–water partition coefficient (Wildman–Crippen LogP) is 3.52. The van der Waals surface area contributed by atoms with Crippen molar-refractivity contribution in [1.82, 2.24) is 24.4 Å². The average Bonchev–Trinajstić information content (AvgIpc) is 3.51. The Morgan fingerprint density at radius 3 is 2.86 bits per heavy atom. The van der Waals surface area contributed by atoms with E-state index in [4.69, 9.17) is 16.3 Å². The van der Waals surface area contributed by atoms with Crippen molar-refractivity contribution >= 4 is 23.2 Å². The fraction of sp³-hybridized carbons (Fsp3) is 0.480. The number of benzene rings is 1. The van der Waals surface area contributed by atoms with Gasteiger partial charge in [0.2, 0.25) is 0 Å². The summed E-state index contributed by atoms with van der Waals surface area (Å²) >= 11 is 6.33. The number of nitrogens with zero attached hydrogens (tertiary/aromatic N) is 5. The van der Waals surface area contributed by atoms with Crippen LogP contribution >= 0.6 is 11.6 Å². The maximum atomic E-state index is 14.2. The monoisotopic (exact) mass is 501 g/mol. The van der Waals surface area contributed by atoms with Gasteiger partial charge >= 0.3 is 0 Å². The highest BCUT2D eigenvalue weighted by molar-refractivity contribution is 6.31. The van der Waals surface area contributed by atoms with E-state index in [1.807, 2.05) is 13.8 Å². The van der Waals surface area contributed by atoms with Crippen LogP contribution in [-0.4, -0.2) is 67.3 Å². The Morgan fingerprint density at radius 1 is 1.31 bits per heavy atom. The van der Waals surface area contributed by atoms with Gasteiger partial charge in [-0.15, -0.1) is 0 Å². The Hall–Kier alpha value is -2.75. The second kappa shape index (κ2) is 9.37. The quantitative estimate of drug-likeness (QED) is 0.556. The standard InChI is InChI=1S/C25H29ClFN5O3/c1-4-7-30-10-18(9-17(30)13-33)35-22-8-16(27)5-6-19(22)25(34)31-11-20-21(12-31)29-32-15(3)23(26)14(2)28-24(20)32/h5-6,8,17-18,33H,4,7,9-13H2,1-3H3/t17-,18-/m0/s1. The number of aliphatic hydroxyl groups excluding tert-OH is 1. The number of likely N-dealkylation sites (tertiary alicyclic amines) is 1. The molecular formula is C25H29ClFN5O3. The lowest BCUT2D eigenvalue weighted by atomic mass is 10.1. The largest absolute Gasteiger partial charge is 0.488 e. The minimum Gasteiger partial charge on any atom is -0.488 e. The van der Waals surface area contributed by atoms with Gasteiger partial charge in [0.1, 0.15) is 17.7 Å². The number of carbonyl (C=O) groups excluding carboxylic acids is 1. The van der Waals surface area contributed by atoms with Crippen LogP contribution in [0.4, 0.5) is 4.39 Å². The van der Waals surface area contributed by atoms with Crippen molar-refractivity contribution < 1.29 is 19.0 Å². The number of ether oxygens (including phenoxy) is 1. The molecule has 1 aromatic carbocycles. The van der Waals surface area contributed by atoms with Crippen LogP contribution in [0.1, 0.15) is 52.8 Å². The van der Waals surface area contributed by atoms with Gasteiger partial charge in [0.25, 0.3) is 5.91 Å². The van der Waals surface area contributed by atoms with Crippen LogP contribution in [0.15, 0.2) is 18.2 Å². The summed E-state index contributed by atoms with van der Waals surface area (Å²) < 4.78 is 22.1. The number of amides is 1. The molecule has 2 atom stereocenters. The number of halogens is 2. The van der Waals surface area contributed by atoms with Gasteiger partial charge in [-0.2, -0.15) is 5.10 Å². The first-order valence-electron chi connectivity index (χ1n) is 11.9. The molecule has 8 nitrogen and oxygen atoms in total. The van der Waals surface area contributed by atoms with E-state index >= 15 is 0 Å². The summed E-state index contributed by atoms with van der Waals surface area (Å²) in [6.07, 6.45) is 1.36. The molecule has 5 rings (SSSR count). The molecule has 1 saturated heterocycles. The molecule has 1 fully saturated rings. The Bertz CT molecular complexity index is 1300. The summed E-state index contributed by atoms with van der Waals surface area (Å²) in [5.74, 6) is -0.487. The van der Waals surface area contributed by atoms with Crippen LogP contribution in [0.25, 0.3) is 5.65 Å². The molecule has 0 aliphatic carbocycles. The second-order valence-electron chi connectivity index (χ2n) is 9.37. The van der Waals surface area contributed by atoms with Crippen LogP contribution in [-0.2, 0) is 13.1 Å². The molecule has 0 radical (unpaired) electrons. The van der Waals surface area contributed by atoms with Gasteiger partial charge in [-0.05, 0) is 38.9 Å². The zero-order valence-electron chi connectivity index (χ0n) is 20.1. The number of carbonyl (C=O) groups is 1. The number of rotatable bonds is 6. The summed E-state index contributed by atoms with van der Waals surface area (Å²) in [5.41, 5.74) is 4.20. The molecule has 2 aliphatic heterocycles. The molecule has 2 aliphatic rings. The van der Waals surface area contributed by atoms with Crippen molar-refractivity contribution in [1.29, 1.82) is 0 Å². The van der Waals surface area contributed by atoms with E-state index in [0.717, 1.165) is 29.9 Å². The van der Waals surface area contributed by atoms with Crippen molar-refractivity contribution in [3.63, 3.8) is 0 Å². The van der Waals surface area contributed by atoms with Crippen LogP contribution < -0.4 is 4.74 Å². The molecule has 186 valence electrons. The van der Waals surface area contributed by atoms with Crippen LogP contribution in [0.3, 0.4) is 0 Å². The molecule has 0 unspecified atom stereocenters. The third-order valence-electron chi connectivity index (χ3n) is 6.92. The maximum Gasteiger partial charge on any atom is 0.258 e. The lowest BCUT2D eigenvalue weighted by Gasteiger charge is -2.21. The second-order valence-corrected chi connectivity index (χ2v) is 9.74. The molecule has 1 N–H and O–H groups in total. The highest BCUT2D eigenvalue weighted by Gasteiger charge is 2.35. The minimum absolute atomic E-state index is 0.00511. The van der Waals surface area contributed by atoms with Gasteiger partial charge in [0.05, 0.1) is 47.4 Å². The van der Waals surface area contributed by atoms with Crippen molar-refractivity contribution in [2.45, 2.75) is 58.8 Å². The fourth-order valence-electron chi connectivity index (χ4n) is 5.15. The molecule has 10 heteroatoms. The van der Waals surface area contributed by atoms with Gasteiger partial charge in [0, 0.05) is 30.6 Å². The van der Waals surface area contributed by atoms with Crippen LogP contribution in [0.2, 0.25) is 5.02 Å². The maximum absolute atomic E-state index is 14.2. The molecule has 2 aromatic heterocycles. The number of aromatic nitrogens is 3. The molecule has 3 aromatic rings. The average molecular weight is 502 g/mol. The van der Waals surface area contributed by atoms with Gasteiger partial charge in [-0.3, -0.25) is 9.69 Å². The van der Waals surface area contributed by atoms with E-state index in [0.29, 0.717) is 48.0 Å². The lowest BCUT2D eigenvalue weighted by molar-refractivity contribution is 0.0742.